The molecule has 0 saturated carbocycles. The number of ketones is 1. The van der Waals surface area contributed by atoms with Crippen molar-refractivity contribution in [3.63, 3.8) is 0 Å². The minimum Gasteiger partial charge on any atom is -0.302 e. The lowest BCUT2D eigenvalue weighted by molar-refractivity contribution is 0.0994. The van der Waals surface area contributed by atoms with Crippen molar-refractivity contribution in [2.75, 3.05) is 0 Å². The number of hydrogen-bond donors (Lipinski definition) is 0. The van der Waals surface area contributed by atoms with Crippen LogP contribution >= 0.6 is 11.8 Å². The molecule has 0 saturated heterocycles. The first-order valence-corrected chi connectivity index (χ1v) is 9.66. The summed E-state index contributed by atoms with van der Waals surface area (Å²) in [5.74, 6) is 0.959. The van der Waals surface area contributed by atoms with Crippen LogP contribution in [0, 0.1) is 13.8 Å². The zero-order valence-corrected chi connectivity index (χ0v) is 16.4. The average molecular weight is 366 g/mol. The van der Waals surface area contributed by atoms with Gasteiger partial charge in [-0.3, -0.25) is 4.79 Å². The van der Waals surface area contributed by atoms with E-state index in [0.717, 1.165) is 39.8 Å². The lowest BCUT2D eigenvalue weighted by Gasteiger charge is -2.12. The molecule has 1 heterocycles. The van der Waals surface area contributed by atoms with Crippen LogP contribution < -0.4 is 0 Å². The first-order valence-electron chi connectivity index (χ1n) is 8.78. The van der Waals surface area contributed by atoms with E-state index in [4.69, 9.17) is 0 Å². The number of carbonyl (C=O) groups is 1. The van der Waals surface area contributed by atoms with Crippen molar-refractivity contribution in [2.45, 2.75) is 44.6 Å². The van der Waals surface area contributed by atoms with Gasteiger partial charge in [0.25, 0.3) is 0 Å². The number of carbonyl (C=O) groups excluding carboxylic acids is 1. The predicted molar refractivity (Wildman–Crippen MR) is 107 cm³/mol. The van der Waals surface area contributed by atoms with Crippen LogP contribution in [-0.4, -0.2) is 25.8 Å². The molecule has 134 valence electrons. The fourth-order valence-electron chi connectivity index (χ4n) is 2.85. The summed E-state index contributed by atoms with van der Waals surface area (Å²) in [4.78, 5) is 12.7. The van der Waals surface area contributed by atoms with E-state index in [1.807, 2.05) is 50.2 Å². The molecule has 3 rings (SSSR count). The standard InChI is InChI=1S/C21H23N3OS/c1-5-24-20(18-9-7-6-8-15(18)3)22-23-21(24)26-16(4)19(25)17-12-10-14(2)11-13-17/h6-13,16H,5H2,1-4H3/t16-/m0/s1. The first kappa shape index (κ1) is 18.4. The van der Waals surface area contributed by atoms with E-state index < -0.39 is 0 Å². The van der Waals surface area contributed by atoms with Gasteiger partial charge >= 0.3 is 0 Å². The summed E-state index contributed by atoms with van der Waals surface area (Å²) in [6, 6.07) is 15.9. The Balaban J connectivity index is 1.85. The number of thioether (sulfide) groups is 1. The van der Waals surface area contributed by atoms with Crippen LogP contribution in [0.25, 0.3) is 11.4 Å². The summed E-state index contributed by atoms with van der Waals surface area (Å²) in [5.41, 5.74) is 4.12. The highest BCUT2D eigenvalue weighted by atomic mass is 32.2. The Bertz CT molecular complexity index is 915. The zero-order valence-electron chi connectivity index (χ0n) is 15.6. The molecular weight excluding hydrogens is 342 g/mol. The van der Waals surface area contributed by atoms with Crippen molar-refractivity contribution >= 4 is 17.5 Å². The predicted octanol–water partition coefficient (Wildman–Crippen LogP) is 4.95. The average Bonchev–Trinajstić information content (AvgIpc) is 3.04. The van der Waals surface area contributed by atoms with Gasteiger partial charge in [-0.05, 0) is 33.3 Å². The van der Waals surface area contributed by atoms with E-state index in [2.05, 4.69) is 40.7 Å². The van der Waals surface area contributed by atoms with Gasteiger partial charge in [0.05, 0.1) is 5.25 Å². The van der Waals surface area contributed by atoms with Crippen LogP contribution in [0.1, 0.15) is 35.3 Å². The third-order valence-electron chi connectivity index (χ3n) is 4.41. The molecule has 0 radical (unpaired) electrons. The first-order chi connectivity index (χ1) is 12.5. The third-order valence-corrected chi connectivity index (χ3v) is 5.49. The summed E-state index contributed by atoms with van der Waals surface area (Å²) in [7, 11) is 0. The molecule has 0 N–H and O–H groups in total. The molecule has 0 unspecified atom stereocenters. The molecule has 0 bridgehead atoms. The van der Waals surface area contributed by atoms with Gasteiger partial charge < -0.3 is 4.57 Å². The van der Waals surface area contributed by atoms with Crippen LogP contribution in [0.5, 0.6) is 0 Å². The molecule has 3 aromatic rings. The van der Waals surface area contributed by atoms with Gasteiger partial charge in [0, 0.05) is 17.7 Å². The van der Waals surface area contributed by atoms with Gasteiger partial charge in [-0.15, -0.1) is 10.2 Å². The summed E-state index contributed by atoms with van der Waals surface area (Å²) < 4.78 is 2.08. The second-order valence-corrected chi connectivity index (χ2v) is 7.66. The van der Waals surface area contributed by atoms with Gasteiger partial charge in [0.1, 0.15) is 0 Å². The van der Waals surface area contributed by atoms with Crippen LogP contribution in [-0.2, 0) is 6.54 Å². The zero-order chi connectivity index (χ0) is 18.7. The van der Waals surface area contributed by atoms with Crippen LogP contribution in [0.2, 0.25) is 0 Å². The van der Waals surface area contributed by atoms with E-state index in [9.17, 15) is 4.79 Å². The third kappa shape index (κ3) is 3.73. The number of hydrogen-bond acceptors (Lipinski definition) is 4. The Morgan fingerprint density at radius 2 is 1.77 bits per heavy atom. The smallest absolute Gasteiger partial charge is 0.192 e. The molecule has 0 aliphatic carbocycles. The summed E-state index contributed by atoms with van der Waals surface area (Å²) in [6.07, 6.45) is 0. The molecule has 0 fully saturated rings. The van der Waals surface area contributed by atoms with Gasteiger partial charge in [0.15, 0.2) is 16.8 Å². The molecule has 5 heteroatoms. The van der Waals surface area contributed by atoms with Gasteiger partial charge in [-0.25, -0.2) is 0 Å². The van der Waals surface area contributed by atoms with Crippen molar-refractivity contribution in [1.82, 2.24) is 14.8 Å². The normalized spacial score (nSPS) is 12.2. The lowest BCUT2D eigenvalue weighted by Crippen LogP contribution is -2.14. The Labute approximate surface area is 158 Å². The van der Waals surface area contributed by atoms with Crippen molar-refractivity contribution < 1.29 is 4.79 Å². The summed E-state index contributed by atoms with van der Waals surface area (Å²) in [6.45, 7) is 8.84. The summed E-state index contributed by atoms with van der Waals surface area (Å²) >= 11 is 1.46. The van der Waals surface area contributed by atoms with Crippen molar-refractivity contribution in [3.8, 4) is 11.4 Å². The quantitative estimate of drug-likeness (QED) is 0.458. The number of aryl methyl sites for hydroxylation is 2. The number of Topliss-reactive ketones (excluding diaryl/α,β-unsaturated/α-hetero) is 1. The maximum Gasteiger partial charge on any atom is 0.192 e. The number of aromatic nitrogens is 3. The minimum atomic E-state index is -0.225. The van der Waals surface area contributed by atoms with Gasteiger partial charge in [0.2, 0.25) is 0 Å². The van der Waals surface area contributed by atoms with E-state index in [-0.39, 0.29) is 11.0 Å². The van der Waals surface area contributed by atoms with Gasteiger partial charge in [-0.2, -0.15) is 0 Å². The maximum atomic E-state index is 12.7. The van der Waals surface area contributed by atoms with Crippen LogP contribution in [0.4, 0.5) is 0 Å². The Hall–Kier alpha value is -2.40. The highest BCUT2D eigenvalue weighted by Crippen LogP contribution is 2.29. The molecular formula is C21H23N3OS. The minimum absolute atomic E-state index is 0.109. The van der Waals surface area contributed by atoms with E-state index >= 15 is 0 Å². The van der Waals surface area contributed by atoms with E-state index in [1.54, 1.807) is 0 Å². The fraction of sp³-hybridized carbons (Fsp3) is 0.286. The van der Waals surface area contributed by atoms with Crippen molar-refractivity contribution in [1.29, 1.82) is 0 Å². The highest BCUT2D eigenvalue weighted by molar-refractivity contribution is 8.00. The molecule has 0 aliphatic rings. The fourth-order valence-corrected chi connectivity index (χ4v) is 3.84. The molecule has 0 spiro atoms. The van der Waals surface area contributed by atoms with Gasteiger partial charge in [-0.1, -0.05) is 65.9 Å². The number of benzene rings is 2. The van der Waals surface area contributed by atoms with Crippen molar-refractivity contribution in [3.05, 3.63) is 65.2 Å². The molecule has 1 atom stereocenters. The van der Waals surface area contributed by atoms with Crippen molar-refractivity contribution in [2.24, 2.45) is 0 Å². The molecule has 0 amide bonds. The Kier molecular flexibility index (Phi) is 5.57. The molecule has 0 aliphatic heterocycles. The summed E-state index contributed by atoms with van der Waals surface area (Å²) in [5, 5.41) is 9.31. The molecule has 1 aromatic heterocycles. The Morgan fingerprint density at radius 3 is 2.42 bits per heavy atom. The topological polar surface area (TPSA) is 47.8 Å². The lowest BCUT2D eigenvalue weighted by atomic mass is 10.1. The molecule has 26 heavy (non-hydrogen) atoms. The molecule has 4 nitrogen and oxygen atoms in total. The van der Waals surface area contributed by atoms with Crippen LogP contribution in [0.15, 0.2) is 53.7 Å². The second kappa shape index (κ2) is 7.87. The number of nitrogens with zero attached hydrogens (tertiary/aromatic N) is 3. The van der Waals surface area contributed by atoms with E-state index in [0.29, 0.717) is 0 Å². The van der Waals surface area contributed by atoms with Crippen LogP contribution in [0.3, 0.4) is 0 Å². The second-order valence-electron chi connectivity index (χ2n) is 6.36. The maximum absolute atomic E-state index is 12.7. The molecule has 2 aromatic carbocycles. The van der Waals surface area contributed by atoms with E-state index in [1.165, 1.54) is 11.8 Å². The SMILES string of the molecule is CCn1c(S[C@@H](C)C(=O)c2ccc(C)cc2)nnc1-c1ccccc1C. The highest BCUT2D eigenvalue weighted by Gasteiger charge is 2.21. The monoisotopic (exact) mass is 365 g/mol. The Morgan fingerprint density at radius 1 is 1.08 bits per heavy atom. The number of rotatable bonds is 6. The largest absolute Gasteiger partial charge is 0.302 e.